The summed E-state index contributed by atoms with van der Waals surface area (Å²) >= 11 is 0. The Bertz CT molecular complexity index is 256. The molecule has 6 heteroatoms. The number of nitrogens with zero attached hydrogens (tertiary/aromatic N) is 1. The molecule has 0 aromatic rings. The summed E-state index contributed by atoms with van der Waals surface area (Å²) in [6.07, 6.45) is 7.05. The second-order valence-electron chi connectivity index (χ2n) is 4.90. The summed E-state index contributed by atoms with van der Waals surface area (Å²) in [4.78, 5) is 2.47. The van der Waals surface area contributed by atoms with Gasteiger partial charge in [0, 0.05) is 20.8 Å². The zero-order valence-corrected chi connectivity index (χ0v) is 14.5. The fraction of sp³-hybridized carbons (Fsp3) is 1.00. The summed E-state index contributed by atoms with van der Waals surface area (Å²) in [6, 6.07) is 0. The Morgan fingerprint density at radius 2 is 1.40 bits per heavy atom. The van der Waals surface area contributed by atoms with Crippen molar-refractivity contribution in [3.8, 4) is 0 Å². The normalized spacial score (nSPS) is 12.2. The van der Waals surface area contributed by atoms with Crippen molar-refractivity contribution in [1.29, 1.82) is 0 Å². The number of hydrogen-bond donors (Lipinski definition) is 0. The molecule has 0 rings (SSSR count). The van der Waals surface area contributed by atoms with E-state index in [0.717, 1.165) is 26.1 Å². The van der Waals surface area contributed by atoms with Crippen LogP contribution in [0.4, 0.5) is 0 Å². The molecule has 0 saturated heterocycles. The van der Waals surface area contributed by atoms with Gasteiger partial charge < -0.3 is 4.90 Å². The number of unbranched alkanes of at least 4 members (excludes halogenated alkanes) is 3. The van der Waals surface area contributed by atoms with Crippen LogP contribution in [0, 0.1) is 0 Å². The van der Waals surface area contributed by atoms with Gasteiger partial charge in [-0.3, -0.25) is 13.6 Å². The fourth-order valence-electron chi connectivity index (χ4n) is 1.95. The quantitative estimate of drug-likeness (QED) is 0.357. The predicted octanol–water partition coefficient (Wildman–Crippen LogP) is 4.09. The second kappa shape index (κ2) is 12.8. The molecule has 0 aromatic heterocycles. The van der Waals surface area contributed by atoms with Gasteiger partial charge in [0.2, 0.25) is 0 Å². The first kappa shape index (κ1) is 20.1. The molecule has 0 aliphatic heterocycles. The lowest BCUT2D eigenvalue weighted by molar-refractivity contribution is 0.143. The highest BCUT2D eigenvalue weighted by molar-refractivity contribution is 7.48. The lowest BCUT2D eigenvalue weighted by atomic mass is 10.2. The summed E-state index contributed by atoms with van der Waals surface area (Å²) < 4.78 is 26.4. The average Bonchev–Trinajstić information content (AvgIpc) is 2.48. The second-order valence-corrected chi connectivity index (χ2v) is 6.78. The van der Waals surface area contributed by atoms with Crippen LogP contribution < -0.4 is 0 Å². The standard InChI is InChI=1S/C14H32NO4P/c1-5-7-9-12-15(11-8-6-2)13-10-14-19-20(16,17-3)18-4/h5-14H2,1-4H3. The Balaban J connectivity index is 3.90. The fourth-order valence-corrected chi connectivity index (χ4v) is 2.66. The number of phosphoric acid groups is 1. The van der Waals surface area contributed by atoms with E-state index in [0.29, 0.717) is 6.61 Å². The smallest absolute Gasteiger partial charge is 0.303 e. The van der Waals surface area contributed by atoms with E-state index in [4.69, 9.17) is 13.6 Å². The van der Waals surface area contributed by atoms with Crippen LogP contribution in [0.15, 0.2) is 0 Å². The van der Waals surface area contributed by atoms with Crippen LogP contribution in [0.1, 0.15) is 52.4 Å². The Hall–Kier alpha value is 0.0700. The van der Waals surface area contributed by atoms with E-state index in [9.17, 15) is 4.57 Å². The van der Waals surface area contributed by atoms with Crippen LogP contribution in [0.3, 0.4) is 0 Å². The first-order chi connectivity index (χ1) is 9.61. The molecule has 0 unspecified atom stereocenters. The van der Waals surface area contributed by atoms with Crippen LogP contribution >= 0.6 is 7.82 Å². The van der Waals surface area contributed by atoms with Crippen molar-refractivity contribution in [2.45, 2.75) is 52.4 Å². The molecule has 0 amide bonds. The molecule has 0 atom stereocenters. The number of phosphoric ester groups is 1. The molecule has 20 heavy (non-hydrogen) atoms. The Morgan fingerprint density at radius 3 is 1.95 bits per heavy atom. The van der Waals surface area contributed by atoms with Gasteiger partial charge in [-0.05, 0) is 32.4 Å². The Kier molecular flexibility index (Phi) is 12.8. The molecule has 5 nitrogen and oxygen atoms in total. The first-order valence-corrected chi connectivity index (χ1v) is 9.16. The third kappa shape index (κ3) is 9.89. The molecule has 0 saturated carbocycles. The van der Waals surface area contributed by atoms with Crippen molar-refractivity contribution in [1.82, 2.24) is 4.90 Å². The van der Waals surface area contributed by atoms with Crippen LogP contribution in [0.5, 0.6) is 0 Å². The van der Waals surface area contributed by atoms with E-state index in [1.165, 1.54) is 46.3 Å². The SMILES string of the molecule is CCCCCN(CCCC)CCCOP(=O)(OC)OC. The van der Waals surface area contributed by atoms with Gasteiger partial charge in [0.25, 0.3) is 0 Å². The molecular weight excluding hydrogens is 277 g/mol. The number of hydrogen-bond acceptors (Lipinski definition) is 5. The third-order valence-corrected chi connectivity index (χ3v) is 4.61. The van der Waals surface area contributed by atoms with Crippen LogP contribution in [-0.4, -0.2) is 45.4 Å². The molecule has 0 fully saturated rings. The molecule has 0 heterocycles. The van der Waals surface area contributed by atoms with E-state index >= 15 is 0 Å². The van der Waals surface area contributed by atoms with Gasteiger partial charge in [-0.1, -0.05) is 33.1 Å². The lowest BCUT2D eigenvalue weighted by Crippen LogP contribution is -2.28. The van der Waals surface area contributed by atoms with Gasteiger partial charge in [0.15, 0.2) is 0 Å². The first-order valence-electron chi connectivity index (χ1n) is 7.70. The highest BCUT2D eigenvalue weighted by Crippen LogP contribution is 2.47. The van der Waals surface area contributed by atoms with Gasteiger partial charge in [0.05, 0.1) is 6.61 Å². The van der Waals surface area contributed by atoms with E-state index in [1.54, 1.807) is 0 Å². The molecular formula is C14H32NO4P. The molecule has 0 bridgehead atoms. The maximum Gasteiger partial charge on any atom is 0.474 e. The van der Waals surface area contributed by atoms with Gasteiger partial charge in [-0.2, -0.15) is 0 Å². The van der Waals surface area contributed by atoms with Crippen molar-refractivity contribution >= 4 is 7.82 Å². The predicted molar refractivity (Wildman–Crippen MR) is 83.1 cm³/mol. The van der Waals surface area contributed by atoms with Gasteiger partial charge in [-0.15, -0.1) is 0 Å². The largest absolute Gasteiger partial charge is 0.474 e. The average molecular weight is 309 g/mol. The lowest BCUT2D eigenvalue weighted by Gasteiger charge is -2.22. The zero-order valence-electron chi connectivity index (χ0n) is 13.6. The van der Waals surface area contributed by atoms with Gasteiger partial charge in [0.1, 0.15) is 0 Å². The van der Waals surface area contributed by atoms with Crippen molar-refractivity contribution < 1.29 is 18.1 Å². The molecule has 0 aliphatic carbocycles. The zero-order chi connectivity index (χ0) is 15.3. The molecule has 0 aromatic carbocycles. The van der Waals surface area contributed by atoms with Crippen LogP contribution in [0.25, 0.3) is 0 Å². The Morgan fingerprint density at radius 1 is 0.850 bits per heavy atom. The summed E-state index contributed by atoms with van der Waals surface area (Å²) in [5.74, 6) is 0. The maximum atomic E-state index is 11.7. The van der Waals surface area contributed by atoms with Crippen molar-refractivity contribution in [3.05, 3.63) is 0 Å². The molecule has 0 spiro atoms. The third-order valence-electron chi connectivity index (χ3n) is 3.22. The number of rotatable bonds is 14. The summed E-state index contributed by atoms with van der Waals surface area (Å²) in [7, 11) is -0.635. The molecule has 0 radical (unpaired) electrons. The molecule has 0 aliphatic rings. The van der Waals surface area contributed by atoms with Crippen molar-refractivity contribution in [2.75, 3.05) is 40.5 Å². The van der Waals surface area contributed by atoms with Gasteiger partial charge in [-0.25, -0.2) is 4.57 Å². The summed E-state index contributed by atoms with van der Waals surface area (Å²) in [6.45, 7) is 8.07. The summed E-state index contributed by atoms with van der Waals surface area (Å²) in [5.41, 5.74) is 0. The van der Waals surface area contributed by atoms with E-state index in [2.05, 4.69) is 18.7 Å². The van der Waals surface area contributed by atoms with Crippen LogP contribution in [-0.2, 0) is 18.1 Å². The van der Waals surface area contributed by atoms with E-state index < -0.39 is 7.82 Å². The Labute approximate surface area is 124 Å². The van der Waals surface area contributed by atoms with E-state index in [-0.39, 0.29) is 0 Å². The van der Waals surface area contributed by atoms with Crippen molar-refractivity contribution in [3.63, 3.8) is 0 Å². The topological polar surface area (TPSA) is 48.0 Å². The summed E-state index contributed by atoms with van der Waals surface area (Å²) in [5, 5.41) is 0. The van der Waals surface area contributed by atoms with Gasteiger partial charge >= 0.3 is 7.82 Å². The molecule has 122 valence electrons. The minimum Gasteiger partial charge on any atom is -0.303 e. The molecule has 0 N–H and O–H groups in total. The monoisotopic (exact) mass is 309 g/mol. The van der Waals surface area contributed by atoms with Crippen molar-refractivity contribution in [2.24, 2.45) is 0 Å². The minimum atomic E-state index is -3.31. The highest BCUT2D eigenvalue weighted by atomic mass is 31.2. The minimum absolute atomic E-state index is 0.398. The van der Waals surface area contributed by atoms with Crippen LogP contribution in [0.2, 0.25) is 0 Å². The highest BCUT2D eigenvalue weighted by Gasteiger charge is 2.22. The van der Waals surface area contributed by atoms with E-state index in [1.807, 2.05) is 0 Å². The maximum absolute atomic E-state index is 11.7.